The third-order valence-corrected chi connectivity index (χ3v) is 9.56. The lowest BCUT2D eigenvalue weighted by atomic mass is 9.99. The quantitative estimate of drug-likeness (QED) is 0.314. The van der Waals surface area contributed by atoms with Gasteiger partial charge in [-0.2, -0.15) is 5.10 Å². The predicted octanol–water partition coefficient (Wildman–Crippen LogP) is 4.72. The minimum absolute atomic E-state index is 0.199. The highest BCUT2D eigenvalue weighted by molar-refractivity contribution is 7.92. The number of nitrogens with zero attached hydrogens (tertiary/aromatic N) is 4. The summed E-state index contributed by atoms with van der Waals surface area (Å²) >= 11 is 0. The fraction of sp³-hybridized carbons (Fsp3) is 0.148. The van der Waals surface area contributed by atoms with Crippen LogP contribution in [0.4, 0.5) is 5.69 Å². The van der Waals surface area contributed by atoms with Crippen LogP contribution < -0.4 is 4.31 Å². The van der Waals surface area contributed by atoms with Gasteiger partial charge in [0.05, 0.1) is 22.4 Å². The van der Waals surface area contributed by atoms with E-state index in [9.17, 15) is 16.8 Å². The summed E-state index contributed by atoms with van der Waals surface area (Å²) in [7, 11) is -5.60. The fourth-order valence-corrected chi connectivity index (χ4v) is 6.51. The molecule has 3 heterocycles. The molecule has 0 atom stereocenters. The largest absolute Gasteiger partial charge is 0.274 e. The standard InChI is InChI=1S/C27H26N4O4S2/c1-19-8-9-20(2)31(19)37(34,35)24-16-12-21(13-17-24)26-25-7-5-6-18-30(25)28-27(26)22-10-14-23(15-11-22)29(3)36(4,32)33/h5-18H,1-4H3. The second-order valence-corrected chi connectivity index (χ2v) is 12.7. The molecule has 5 rings (SSSR count). The fourth-order valence-electron chi connectivity index (χ4n) is 4.44. The Morgan fingerprint density at radius 2 is 1.35 bits per heavy atom. The van der Waals surface area contributed by atoms with E-state index in [4.69, 9.17) is 5.10 Å². The number of benzene rings is 2. The maximum atomic E-state index is 13.3. The molecule has 0 aliphatic rings. The molecule has 0 aliphatic carbocycles. The smallest absolute Gasteiger partial charge is 0.268 e. The van der Waals surface area contributed by atoms with Crippen molar-refractivity contribution in [2.75, 3.05) is 17.6 Å². The van der Waals surface area contributed by atoms with Crippen molar-refractivity contribution in [1.29, 1.82) is 0 Å². The molecule has 5 aromatic rings. The monoisotopic (exact) mass is 534 g/mol. The molecule has 10 heteroatoms. The summed E-state index contributed by atoms with van der Waals surface area (Å²) in [6.45, 7) is 3.53. The van der Waals surface area contributed by atoms with Crippen molar-refractivity contribution in [2.24, 2.45) is 0 Å². The number of aromatic nitrogens is 3. The zero-order valence-corrected chi connectivity index (χ0v) is 22.5. The number of aryl methyl sites for hydroxylation is 2. The molecule has 190 valence electrons. The van der Waals surface area contributed by atoms with Gasteiger partial charge >= 0.3 is 0 Å². The second kappa shape index (κ2) is 8.89. The third-order valence-electron chi connectivity index (χ3n) is 6.43. The first-order valence-corrected chi connectivity index (χ1v) is 14.8. The van der Waals surface area contributed by atoms with Gasteiger partial charge in [-0.3, -0.25) is 4.31 Å². The number of fused-ring (bicyclic) bond motifs is 1. The Kier molecular flexibility index (Phi) is 5.96. The van der Waals surface area contributed by atoms with Crippen molar-refractivity contribution < 1.29 is 16.8 Å². The van der Waals surface area contributed by atoms with E-state index < -0.39 is 20.0 Å². The van der Waals surface area contributed by atoms with Gasteiger partial charge in [0.25, 0.3) is 10.0 Å². The summed E-state index contributed by atoms with van der Waals surface area (Å²) in [6.07, 6.45) is 3.01. The summed E-state index contributed by atoms with van der Waals surface area (Å²) in [5.41, 5.74) is 5.87. The SMILES string of the molecule is Cc1ccc(C)n1S(=O)(=O)c1ccc(-c2c(-c3ccc(N(C)S(C)(=O)=O)cc3)nn3ccccc23)cc1. The number of rotatable bonds is 6. The van der Waals surface area contributed by atoms with Gasteiger partial charge in [-0.25, -0.2) is 25.3 Å². The van der Waals surface area contributed by atoms with E-state index in [1.54, 1.807) is 66.9 Å². The van der Waals surface area contributed by atoms with Crippen LogP contribution in [-0.4, -0.2) is 43.7 Å². The number of pyridine rings is 1. The van der Waals surface area contributed by atoms with Crippen LogP contribution in [0.1, 0.15) is 11.4 Å². The molecule has 0 N–H and O–H groups in total. The summed E-state index contributed by atoms with van der Waals surface area (Å²) < 4.78 is 54.8. The topological polar surface area (TPSA) is 93.8 Å². The maximum absolute atomic E-state index is 13.3. The van der Waals surface area contributed by atoms with Gasteiger partial charge in [-0.1, -0.05) is 30.3 Å². The van der Waals surface area contributed by atoms with E-state index in [1.807, 2.05) is 36.5 Å². The van der Waals surface area contributed by atoms with Crippen molar-refractivity contribution in [3.8, 4) is 22.4 Å². The van der Waals surface area contributed by atoms with Crippen LogP contribution in [0.2, 0.25) is 0 Å². The lowest BCUT2D eigenvalue weighted by molar-refractivity contribution is 0.585. The maximum Gasteiger partial charge on any atom is 0.268 e. The minimum atomic E-state index is -3.73. The van der Waals surface area contributed by atoms with Crippen molar-refractivity contribution in [2.45, 2.75) is 18.7 Å². The van der Waals surface area contributed by atoms with Gasteiger partial charge in [0, 0.05) is 35.8 Å². The second-order valence-electron chi connectivity index (χ2n) is 8.94. The highest BCUT2D eigenvalue weighted by Crippen LogP contribution is 2.36. The van der Waals surface area contributed by atoms with E-state index in [-0.39, 0.29) is 4.90 Å². The molecule has 37 heavy (non-hydrogen) atoms. The third kappa shape index (κ3) is 4.32. The molecule has 8 nitrogen and oxygen atoms in total. The molecule has 0 aliphatic heterocycles. The van der Waals surface area contributed by atoms with Gasteiger partial charge in [0.1, 0.15) is 5.69 Å². The lowest BCUT2D eigenvalue weighted by Gasteiger charge is -2.16. The Bertz CT molecular complexity index is 1820. The minimum Gasteiger partial charge on any atom is -0.274 e. The van der Waals surface area contributed by atoms with Crippen LogP contribution in [0.5, 0.6) is 0 Å². The Morgan fingerprint density at radius 1 is 0.757 bits per heavy atom. The van der Waals surface area contributed by atoms with Gasteiger partial charge in [0.2, 0.25) is 10.0 Å². The Balaban J connectivity index is 1.60. The molecule has 2 aromatic carbocycles. The molecular formula is C27H26N4O4S2. The Labute approximate surface area is 216 Å². The summed E-state index contributed by atoms with van der Waals surface area (Å²) in [6, 6.07) is 23.3. The van der Waals surface area contributed by atoms with Gasteiger partial charge in [-0.15, -0.1) is 0 Å². The van der Waals surface area contributed by atoms with E-state index in [0.717, 1.165) is 28.5 Å². The average Bonchev–Trinajstić information content (AvgIpc) is 3.43. The normalized spacial score (nSPS) is 12.2. The number of hydrogen-bond donors (Lipinski definition) is 0. The highest BCUT2D eigenvalue weighted by atomic mass is 32.2. The first-order valence-electron chi connectivity index (χ1n) is 11.5. The van der Waals surface area contributed by atoms with Gasteiger partial charge < -0.3 is 0 Å². The van der Waals surface area contributed by atoms with Crippen LogP contribution in [-0.2, 0) is 20.0 Å². The van der Waals surface area contributed by atoms with Crippen molar-refractivity contribution in [3.05, 3.63) is 96.4 Å². The molecular weight excluding hydrogens is 508 g/mol. The number of anilines is 1. The van der Waals surface area contributed by atoms with Crippen LogP contribution in [0.3, 0.4) is 0 Å². The van der Waals surface area contributed by atoms with Gasteiger partial charge in [-0.05, 0) is 67.9 Å². The van der Waals surface area contributed by atoms with Crippen molar-refractivity contribution >= 4 is 31.3 Å². The molecule has 0 unspecified atom stereocenters. The lowest BCUT2D eigenvalue weighted by Crippen LogP contribution is -2.24. The molecule has 0 spiro atoms. The summed E-state index contributed by atoms with van der Waals surface area (Å²) in [4.78, 5) is 0.199. The Hall–Kier alpha value is -3.89. The van der Waals surface area contributed by atoms with Crippen molar-refractivity contribution in [1.82, 2.24) is 13.6 Å². The molecule has 3 aromatic heterocycles. The van der Waals surface area contributed by atoms with Crippen LogP contribution in [0, 0.1) is 13.8 Å². The van der Waals surface area contributed by atoms with Crippen LogP contribution in [0.25, 0.3) is 27.9 Å². The zero-order valence-electron chi connectivity index (χ0n) is 20.8. The average molecular weight is 535 g/mol. The molecule has 0 bridgehead atoms. The predicted molar refractivity (Wildman–Crippen MR) is 146 cm³/mol. The summed E-state index contributed by atoms with van der Waals surface area (Å²) in [5, 5.41) is 4.78. The van der Waals surface area contributed by atoms with Crippen molar-refractivity contribution in [3.63, 3.8) is 0 Å². The van der Waals surface area contributed by atoms with E-state index in [2.05, 4.69) is 0 Å². The molecule has 0 saturated heterocycles. The molecule has 0 radical (unpaired) electrons. The van der Waals surface area contributed by atoms with E-state index >= 15 is 0 Å². The van der Waals surface area contributed by atoms with E-state index in [1.165, 1.54) is 15.3 Å². The zero-order chi connectivity index (χ0) is 26.5. The molecule has 0 amide bonds. The van der Waals surface area contributed by atoms with Gasteiger partial charge in [0.15, 0.2) is 0 Å². The number of sulfonamides is 1. The number of hydrogen-bond acceptors (Lipinski definition) is 5. The van der Waals surface area contributed by atoms with Crippen LogP contribution in [0.15, 0.2) is 90.0 Å². The first-order chi connectivity index (χ1) is 17.5. The summed E-state index contributed by atoms with van der Waals surface area (Å²) in [5.74, 6) is 0. The van der Waals surface area contributed by atoms with E-state index in [0.29, 0.717) is 22.8 Å². The molecule has 0 saturated carbocycles. The Morgan fingerprint density at radius 3 is 1.95 bits per heavy atom. The van der Waals surface area contributed by atoms with Crippen LogP contribution >= 0.6 is 0 Å². The highest BCUT2D eigenvalue weighted by Gasteiger charge is 2.22. The molecule has 0 fully saturated rings. The first kappa shape index (κ1) is 24.8.